The molecule has 2 aromatic rings. The van der Waals surface area contributed by atoms with E-state index in [2.05, 4.69) is 20.9 Å². The molecule has 1 aromatic heterocycles. The van der Waals surface area contributed by atoms with Gasteiger partial charge in [0.25, 0.3) is 5.91 Å². The van der Waals surface area contributed by atoms with E-state index in [9.17, 15) is 9.59 Å². The molecule has 6 rings (SSSR count). The highest BCUT2D eigenvalue weighted by molar-refractivity contribution is 7.15. The maximum absolute atomic E-state index is 12.8. The van der Waals surface area contributed by atoms with Crippen molar-refractivity contribution in [3.8, 4) is 0 Å². The van der Waals surface area contributed by atoms with Crippen molar-refractivity contribution in [3.63, 3.8) is 0 Å². The second-order valence-electron chi connectivity index (χ2n) is 7.94. The van der Waals surface area contributed by atoms with Crippen molar-refractivity contribution in [3.05, 3.63) is 40.9 Å². The zero-order valence-electron chi connectivity index (χ0n) is 15.1. The van der Waals surface area contributed by atoms with Gasteiger partial charge in [0.2, 0.25) is 5.91 Å². The van der Waals surface area contributed by atoms with E-state index in [1.54, 1.807) is 6.20 Å². The Labute approximate surface area is 161 Å². The summed E-state index contributed by atoms with van der Waals surface area (Å²) in [4.78, 5) is 30.8. The van der Waals surface area contributed by atoms with Gasteiger partial charge in [-0.25, -0.2) is 4.98 Å². The standard InChI is InChI=1S/C20H22N4O2S/c1-11-10-21-19(27-11)22-17(25)15-8-13-7-6-12(15)9-20(13)23-16-5-3-2-4-14(16)18(26)24-20/h2-5,10,12-13,15,23H,6-9H2,1H3,(H,24,26)(H,21,22,25)/t12-,13-,15-,20-/m1/s1. The maximum Gasteiger partial charge on any atom is 0.255 e. The van der Waals surface area contributed by atoms with Gasteiger partial charge in [-0.1, -0.05) is 12.1 Å². The molecule has 4 atom stereocenters. The molecule has 0 saturated heterocycles. The molecular formula is C20H22N4O2S. The molecular weight excluding hydrogens is 360 g/mol. The number of para-hydroxylation sites is 1. The molecule has 4 aliphatic rings. The SMILES string of the molecule is Cc1cnc(NC(=O)[C@@H]2C[C@H]3CC[C@@H]2C[C@@]32NC(=O)c3ccccc3N2)s1. The van der Waals surface area contributed by atoms with Gasteiger partial charge in [0.15, 0.2) is 5.13 Å². The van der Waals surface area contributed by atoms with Crippen LogP contribution in [0.15, 0.2) is 30.5 Å². The Morgan fingerprint density at radius 1 is 1.30 bits per heavy atom. The predicted molar refractivity (Wildman–Crippen MR) is 105 cm³/mol. The molecule has 7 heteroatoms. The van der Waals surface area contributed by atoms with Crippen LogP contribution in [0.5, 0.6) is 0 Å². The third kappa shape index (κ3) is 2.72. The lowest BCUT2D eigenvalue weighted by molar-refractivity contribution is -0.126. The summed E-state index contributed by atoms with van der Waals surface area (Å²) in [5.74, 6) is 0.532. The lowest BCUT2D eigenvalue weighted by atomic mass is 9.58. The van der Waals surface area contributed by atoms with Crippen molar-refractivity contribution in [1.82, 2.24) is 10.3 Å². The number of nitrogens with zero attached hydrogens (tertiary/aromatic N) is 1. The number of aromatic nitrogens is 1. The van der Waals surface area contributed by atoms with Crippen LogP contribution in [0.3, 0.4) is 0 Å². The Morgan fingerprint density at radius 2 is 2.15 bits per heavy atom. The number of nitrogens with one attached hydrogen (secondary N) is 3. The molecule has 1 aliphatic heterocycles. The van der Waals surface area contributed by atoms with Gasteiger partial charge in [0.05, 0.1) is 5.56 Å². The van der Waals surface area contributed by atoms with E-state index >= 15 is 0 Å². The highest BCUT2D eigenvalue weighted by atomic mass is 32.1. The molecule has 3 fully saturated rings. The van der Waals surface area contributed by atoms with Crippen LogP contribution >= 0.6 is 11.3 Å². The van der Waals surface area contributed by atoms with E-state index in [0.717, 1.165) is 36.2 Å². The van der Waals surface area contributed by atoms with Crippen molar-refractivity contribution in [2.45, 2.75) is 38.3 Å². The van der Waals surface area contributed by atoms with Crippen LogP contribution in [0.25, 0.3) is 0 Å². The normalized spacial score (nSPS) is 31.1. The summed E-state index contributed by atoms with van der Waals surface area (Å²) in [6, 6.07) is 7.64. The molecule has 3 N–H and O–H groups in total. The molecule has 0 unspecified atom stereocenters. The zero-order chi connectivity index (χ0) is 18.6. The summed E-state index contributed by atoms with van der Waals surface area (Å²) in [6.07, 6.45) is 5.41. The number of carbonyl (C=O) groups excluding carboxylic acids is 2. The van der Waals surface area contributed by atoms with E-state index < -0.39 is 5.66 Å². The largest absolute Gasteiger partial charge is 0.362 e. The van der Waals surface area contributed by atoms with Gasteiger partial charge in [-0.2, -0.15) is 0 Å². The molecule has 1 aromatic carbocycles. The second-order valence-corrected chi connectivity index (χ2v) is 9.18. The van der Waals surface area contributed by atoms with Gasteiger partial charge in [-0.15, -0.1) is 11.3 Å². The Bertz CT molecular complexity index is 926. The zero-order valence-corrected chi connectivity index (χ0v) is 15.9. The van der Waals surface area contributed by atoms with E-state index in [1.807, 2.05) is 31.2 Å². The topological polar surface area (TPSA) is 83.1 Å². The monoisotopic (exact) mass is 382 g/mol. The molecule has 3 saturated carbocycles. The minimum atomic E-state index is -0.428. The summed E-state index contributed by atoms with van der Waals surface area (Å²) in [5.41, 5.74) is 1.16. The summed E-state index contributed by atoms with van der Waals surface area (Å²) < 4.78 is 0. The summed E-state index contributed by atoms with van der Waals surface area (Å²) >= 11 is 1.50. The first-order valence-electron chi connectivity index (χ1n) is 9.47. The van der Waals surface area contributed by atoms with Gasteiger partial charge in [-0.05, 0) is 50.7 Å². The van der Waals surface area contributed by atoms with Gasteiger partial charge < -0.3 is 16.0 Å². The molecule has 27 heavy (non-hydrogen) atoms. The van der Waals surface area contributed by atoms with Crippen LogP contribution in [0.1, 0.15) is 40.9 Å². The Morgan fingerprint density at radius 3 is 2.89 bits per heavy atom. The first-order chi connectivity index (χ1) is 13.0. The lowest BCUT2D eigenvalue weighted by Crippen LogP contribution is -2.67. The first-order valence-corrected chi connectivity index (χ1v) is 10.3. The summed E-state index contributed by atoms with van der Waals surface area (Å²) in [6.45, 7) is 1.98. The molecule has 2 heterocycles. The average Bonchev–Trinajstić information content (AvgIpc) is 3.06. The molecule has 3 aliphatic carbocycles. The number of amides is 2. The van der Waals surface area contributed by atoms with E-state index in [1.165, 1.54) is 11.3 Å². The molecule has 0 radical (unpaired) electrons. The minimum Gasteiger partial charge on any atom is -0.362 e. The summed E-state index contributed by atoms with van der Waals surface area (Å²) in [7, 11) is 0. The number of hydrogen-bond donors (Lipinski definition) is 3. The smallest absolute Gasteiger partial charge is 0.255 e. The van der Waals surface area contributed by atoms with Gasteiger partial charge >= 0.3 is 0 Å². The average molecular weight is 382 g/mol. The van der Waals surface area contributed by atoms with Crippen molar-refractivity contribution < 1.29 is 9.59 Å². The van der Waals surface area contributed by atoms with Crippen molar-refractivity contribution in [2.24, 2.45) is 17.8 Å². The first kappa shape index (κ1) is 16.7. The van der Waals surface area contributed by atoms with Crippen molar-refractivity contribution >= 4 is 34.0 Å². The maximum atomic E-state index is 12.8. The molecule has 2 bridgehead atoms. The van der Waals surface area contributed by atoms with Crippen LogP contribution in [0, 0.1) is 24.7 Å². The highest BCUT2D eigenvalue weighted by Gasteiger charge is 2.55. The summed E-state index contributed by atoms with van der Waals surface area (Å²) in [5, 5.41) is 10.5. The van der Waals surface area contributed by atoms with Crippen LogP contribution in [-0.2, 0) is 4.79 Å². The number of carbonyl (C=O) groups is 2. The van der Waals surface area contributed by atoms with Crippen molar-refractivity contribution in [1.29, 1.82) is 0 Å². The Kier molecular flexibility index (Phi) is 3.75. The number of benzene rings is 1. The fourth-order valence-corrected chi connectivity index (χ4v) is 5.74. The Hall–Kier alpha value is -2.41. The number of fused-ring (bicyclic) bond motifs is 3. The number of anilines is 2. The molecule has 6 nitrogen and oxygen atoms in total. The fourth-order valence-electron chi connectivity index (χ4n) is 5.07. The van der Waals surface area contributed by atoms with Crippen LogP contribution in [0.4, 0.5) is 10.8 Å². The second kappa shape index (κ2) is 6.05. The van der Waals surface area contributed by atoms with Crippen LogP contribution in [-0.4, -0.2) is 22.5 Å². The van der Waals surface area contributed by atoms with E-state index in [0.29, 0.717) is 10.7 Å². The minimum absolute atomic E-state index is 0.0174. The molecule has 140 valence electrons. The van der Waals surface area contributed by atoms with Gasteiger partial charge in [-0.3, -0.25) is 9.59 Å². The van der Waals surface area contributed by atoms with Gasteiger partial charge in [0.1, 0.15) is 5.66 Å². The van der Waals surface area contributed by atoms with Crippen molar-refractivity contribution in [2.75, 3.05) is 10.6 Å². The quantitative estimate of drug-likeness (QED) is 0.744. The number of aryl methyl sites for hydroxylation is 1. The molecule has 2 amide bonds. The van der Waals surface area contributed by atoms with Crippen LogP contribution < -0.4 is 16.0 Å². The predicted octanol–water partition coefficient (Wildman–Crippen LogP) is 3.38. The fraction of sp³-hybridized carbons (Fsp3) is 0.450. The number of rotatable bonds is 2. The highest BCUT2D eigenvalue weighted by Crippen LogP contribution is 2.52. The third-order valence-corrected chi connectivity index (χ3v) is 7.16. The Balaban J connectivity index is 1.36. The van der Waals surface area contributed by atoms with Gasteiger partial charge in [0, 0.05) is 28.6 Å². The van der Waals surface area contributed by atoms with E-state index in [4.69, 9.17) is 0 Å². The van der Waals surface area contributed by atoms with E-state index in [-0.39, 0.29) is 29.6 Å². The third-order valence-electron chi connectivity index (χ3n) is 6.33. The number of hydrogen-bond acceptors (Lipinski definition) is 5. The van der Waals surface area contributed by atoms with Crippen LogP contribution in [0.2, 0.25) is 0 Å². The lowest BCUT2D eigenvalue weighted by Gasteiger charge is -2.56. The molecule has 1 spiro atoms. The number of thiazole rings is 1.